The molecule has 2 aromatic rings. The molecule has 1 aromatic heterocycles. The van der Waals surface area contributed by atoms with Crippen LogP contribution in [-0.2, 0) is 11.4 Å². The average molecular weight is 383 g/mol. The predicted octanol–water partition coefficient (Wildman–Crippen LogP) is 3.63. The molecular weight excluding hydrogens is 354 g/mol. The van der Waals surface area contributed by atoms with Crippen molar-refractivity contribution in [2.75, 3.05) is 25.5 Å². The molecule has 1 unspecified atom stereocenters. The van der Waals surface area contributed by atoms with Gasteiger partial charge in [0.05, 0.1) is 7.11 Å². The number of carbonyl (C=O) groups excluding carboxylic acids is 1. The molecule has 1 aliphatic heterocycles. The van der Waals surface area contributed by atoms with E-state index in [0.717, 1.165) is 31.5 Å². The van der Waals surface area contributed by atoms with Crippen molar-refractivity contribution in [2.24, 2.45) is 11.8 Å². The quantitative estimate of drug-likeness (QED) is 0.728. The van der Waals surface area contributed by atoms with Gasteiger partial charge >= 0.3 is 0 Å². The number of piperidine rings is 1. The van der Waals surface area contributed by atoms with E-state index in [1.807, 2.05) is 30.3 Å². The summed E-state index contributed by atoms with van der Waals surface area (Å²) in [4.78, 5) is 16.5. The fraction of sp³-hybridized carbons (Fsp3) is 0.455. The number of anilines is 1. The molecule has 0 saturated carbocycles. The van der Waals surface area contributed by atoms with Crippen molar-refractivity contribution < 1.29 is 14.3 Å². The summed E-state index contributed by atoms with van der Waals surface area (Å²) in [7, 11) is 1.60. The maximum Gasteiger partial charge on any atom is 0.224 e. The Morgan fingerprint density at radius 2 is 1.96 bits per heavy atom. The lowest BCUT2D eigenvalue weighted by atomic mass is 9.84. The van der Waals surface area contributed by atoms with E-state index in [0.29, 0.717) is 42.0 Å². The zero-order valence-electron chi connectivity index (χ0n) is 16.6. The van der Waals surface area contributed by atoms with Crippen molar-refractivity contribution in [3.63, 3.8) is 0 Å². The van der Waals surface area contributed by atoms with Crippen LogP contribution in [0.2, 0.25) is 0 Å². The van der Waals surface area contributed by atoms with Crippen LogP contribution in [0.25, 0.3) is 0 Å². The van der Waals surface area contributed by atoms with Gasteiger partial charge in [0.2, 0.25) is 5.91 Å². The number of nitrogens with zero attached hydrogens (tertiary/aromatic N) is 1. The summed E-state index contributed by atoms with van der Waals surface area (Å²) in [5, 5.41) is 6.38. The topological polar surface area (TPSA) is 72.5 Å². The zero-order valence-corrected chi connectivity index (χ0v) is 16.6. The van der Waals surface area contributed by atoms with E-state index in [4.69, 9.17) is 9.47 Å². The van der Waals surface area contributed by atoms with Crippen molar-refractivity contribution in [3.8, 4) is 11.5 Å². The predicted molar refractivity (Wildman–Crippen MR) is 110 cm³/mol. The van der Waals surface area contributed by atoms with E-state index in [1.165, 1.54) is 0 Å². The van der Waals surface area contributed by atoms with Crippen LogP contribution in [0.1, 0.15) is 31.7 Å². The third kappa shape index (κ3) is 5.70. The highest BCUT2D eigenvalue weighted by Gasteiger charge is 2.22. The van der Waals surface area contributed by atoms with Gasteiger partial charge in [0.15, 0.2) is 11.5 Å². The second-order valence-corrected chi connectivity index (χ2v) is 7.33. The first-order valence-corrected chi connectivity index (χ1v) is 9.86. The molecule has 1 saturated heterocycles. The zero-order chi connectivity index (χ0) is 19.8. The third-order valence-electron chi connectivity index (χ3n) is 5.29. The van der Waals surface area contributed by atoms with Gasteiger partial charge in [-0.25, -0.2) is 0 Å². The normalized spacial score (nSPS) is 15.6. The monoisotopic (exact) mass is 383 g/mol. The summed E-state index contributed by atoms with van der Waals surface area (Å²) in [6.07, 6.45) is 6.28. The molecule has 2 heterocycles. The van der Waals surface area contributed by atoms with E-state index in [-0.39, 0.29) is 5.91 Å². The molecular formula is C22H29N3O3. The lowest BCUT2D eigenvalue weighted by Gasteiger charge is -2.27. The second kappa shape index (κ2) is 10.1. The van der Waals surface area contributed by atoms with Gasteiger partial charge in [0, 0.05) is 30.6 Å². The number of methoxy groups -OCH3 is 1. The van der Waals surface area contributed by atoms with Crippen LogP contribution < -0.4 is 20.1 Å². The molecule has 150 valence electrons. The van der Waals surface area contributed by atoms with Crippen LogP contribution in [0, 0.1) is 11.8 Å². The number of ether oxygens (including phenoxy) is 2. The van der Waals surface area contributed by atoms with Crippen LogP contribution in [0.4, 0.5) is 5.69 Å². The van der Waals surface area contributed by atoms with Crippen LogP contribution >= 0.6 is 0 Å². The molecule has 2 N–H and O–H groups in total. The summed E-state index contributed by atoms with van der Waals surface area (Å²) in [5.41, 5.74) is 1.73. The summed E-state index contributed by atoms with van der Waals surface area (Å²) in [5.74, 6) is 2.26. The van der Waals surface area contributed by atoms with Crippen molar-refractivity contribution in [1.82, 2.24) is 10.3 Å². The Bertz CT molecular complexity index is 761. The minimum absolute atomic E-state index is 0.0382. The SMILES string of the molecule is COc1ccc(NC(=O)CC(C)C2CCNCC2)cc1OCc1ccncc1. The molecule has 0 bridgehead atoms. The van der Waals surface area contributed by atoms with E-state index in [9.17, 15) is 4.79 Å². The lowest BCUT2D eigenvalue weighted by molar-refractivity contribution is -0.117. The average Bonchev–Trinajstić information content (AvgIpc) is 2.73. The van der Waals surface area contributed by atoms with Gasteiger partial charge in [-0.2, -0.15) is 0 Å². The van der Waals surface area contributed by atoms with Gasteiger partial charge in [0.25, 0.3) is 0 Å². The van der Waals surface area contributed by atoms with Gasteiger partial charge < -0.3 is 20.1 Å². The molecule has 1 fully saturated rings. The number of benzene rings is 1. The number of amides is 1. The van der Waals surface area contributed by atoms with E-state index < -0.39 is 0 Å². The highest BCUT2D eigenvalue weighted by atomic mass is 16.5. The fourth-order valence-electron chi connectivity index (χ4n) is 3.59. The van der Waals surface area contributed by atoms with E-state index >= 15 is 0 Å². The Kier molecular flexibility index (Phi) is 7.25. The van der Waals surface area contributed by atoms with Gasteiger partial charge in [-0.1, -0.05) is 6.92 Å². The van der Waals surface area contributed by atoms with Gasteiger partial charge in [-0.15, -0.1) is 0 Å². The number of hydrogen-bond donors (Lipinski definition) is 2. The molecule has 3 rings (SSSR count). The van der Waals surface area contributed by atoms with Gasteiger partial charge in [-0.05, 0) is 67.6 Å². The smallest absolute Gasteiger partial charge is 0.224 e. The maximum absolute atomic E-state index is 12.5. The third-order valence-corrected chi connectivity index (χ3v) is 5.29. The van der Waals surface area contributed by atoms with Crippen LogP contribution in [0.3, 0.4) is 0 Å². The molecule has 1 atom stereocenters. The van der Waals surface area contributed by atoms with Crippen LogP contribution in [0.5, 0.6) is 11.5 Å². The minimum Gasteiger partial charge on any atom is -0.493 e. The largest absolute Gasteiger partial charge is 0.493 e. The van der Waals surface area contributed by atoms with Gasteiger partial charge in [-0.3, -0.25) is 9.78 Å². The van der Waals surface area contributed by atoms with Gasteiger partial charge in [0.1, 0.15) is 6.61 Å². The number of carbonyl (C=O) groups is 1. The highest BCUT2D eigenvalue weighted by Crippen LogP contribution is 2.31. The second-order valence-electron chi connectivity index (χ2n) is 7.33. The van der Waals surface area contributed by atoms with Crippen molar-refractivity contribution in [2.45, 2.75) is 32.8 Å². The molecule has 6 heteroatoms. The first kappa shape index (κ1) is 20.1. The van der Waals surface area contributed by atoms with Crippen LogP contribution in [0.15, 0.2) is 42.7 Å². The van der Waals surface area contributed by atoms with Crippen molar-refractivity contribution in [1.29, 1.82) is 0 Å². The summed E-state index contributed by atoms with van der Waals surface area (Å²) >= 11 is 0. The highest BCUT2D eigenvalue weighted by molar-refractivity contribution is 5.91. The Hall–Kier alpha value is -2.60. The fourth-order valence-corrected chi connectivity index (χ4v) is 3.59. The first-order chi connectivity index (χ1) is 13.7. The molecule has 28 heavy (non-hydrogen) atoms. The van der Waals surface area contributed by atoms with Crippen molar-refractivity contribution >= 4 is 11.6 Å². The molecule has 0 radical (unpaired) electrons. The molecule has 1 aliphatic rings. The molecule has 1 aromatic carbocycles. The molecule has 0 aliphatic carbocycles. The lowest BCUT2D eigenvalue weighted by Crippen LogP contribution is -2.32. The number of pyridine rings is 1. The summed E-state index contributed by atoms with van der Waals surface area (Å²) in [6, 6.07) is 9.27. The summed E-state index contributed by atoms with van der Waals surface area (Å²) in [6.45, 7) is 4.68. The summed E-state index contributed by atoms with van der Waals surface area (Å²) < 4.78 is 11.3. The van der Waals surface area contributed by atoms with E-state index in [1.54, 1.807) is 19.5 Å². The molecule has 6 nitrogen and oxygen atoms in total. The Morgan fingerprint density at radius 1 is 1.21 bits per heavy atom. The molecule has 0 spiro atoms. The number of rotatable bonds is 8. The maximum atomic E-state index is 12.5. The number of aromatic nitrogens is 1. The Balaban J connectivity index is 1.59. The number of nitrogens with one attached hydrogen (secondary N) is 2. The van der Waals surface area contributed by atoms with Crippen molar-refractivity contribution in [3.05, 3.63) is 48.3 Å². The standard InChI is InChI=1S/C22H29N3O3/c1-16(18-7-11-24-12-8-18)13-22(26)25-19-3-4-20(27-2)21(14-19)28-15-17-5-9-23-10-6-17/h3-6,9-10,14,16,18,24H,7-8,11-13,15H2,1-2H3,(H,25,26). The Morgan fingerprint density at radius 3 is 2.68 bits per heavy atom. The minimum atomic E-state index is 0.0382. The first-order valence-electron chi connectivity index (χ1n) is 9.86. The van der Waals surface area contributed by atoms with Crippen LogP contribution in [-0.4, -0.2) is 31.1 Å². The van der Waals surface area contributed by atoms with E-state index in [2.05, 4.69) is 22.5 Å². The Labute approximate surface area is 166 Å². The molecule has 1 amide bonds. The number of hydrogen-bond acceptors (Lipinski definition) is 5.